The smallest absolute Gasteiger partial charge is 0.322 e. The number of carbonyl (C=O) groups excluding carboxylic acids is 1. The molecular weight excluding hydrogens is 424 g/mol. The molecule has 0 aliphatic carbocycles. The van der Waals surface area contributed by atoms with Crippen LogP contribution in [0.2, 0.25) is 0 Å². The number of para-hydroxylation sites is 1. The van der Waals surface area contributed by atoms with Crippen LogP contribution in [0.5, 0.6) is 0 Å². The van der Waals surface area contributed by atoms with Gasteiger partial charge in [0.05, 0.1) is 16.1 Å². The molecule has 30 heavy (non-hydrogen) atoms. The number of hydrogen-bond acceptors (Lipinski definition) is 3. The average Bonchev–Trinajstić information content (AvgIpc) is 2.68. The molecule has 0 fully saturated rings. The lowest BCUT2D eigenvalue weighted by Gasteiger charge is -2.15. The van der Waals surface area contributed by atoms with Crippen molar-refractivity contribution in [1.29, 1.82) is 0 Å². The topological polar surface area (TPSA) is 75.3 Å². The van der Waals surface area contributed by atoms with Crippen LogP contribution in [-0.2, 0) is 16.2 Å². The molecule has 0 saturated heterocycles. The minimum absolute atomic E-state index is 0.193. The number of rotatable bonds is 5. The molecule has 0 saturated carbocycles. The lowest BCUT2D eigenvalue weighted by molar-refractivity contribution is -0.136. The third kappa shape index (κ3) is 4.95. The number of nitrogens with one attached hydrogen (secondary N) is 2. The van der Waals surface area contributed by atoms with Gasteiger partial charge in [-0.25, -0.2) is 12.8 Å². The van der Waals surface area contributed by atoms with Crippen molar-refractivity contribution in [2.75, 3.05) is 10.0 Å². The number of carbonyl (C=O) groups is 1. The van der Waals surface area contributed by atoms with E-state index in [1.54, 1.807) is 0 Å². The summed E-state index contributed by atoms with van der Waals surface area (Å²) in [6, 6.07) is 13.9. The second-order valence-corrected chi connectivity index (χ2v) is 7.82. The van der Waals surface area contributed by atoms with Crippen LogP contribution >= 0.6 is 0 Å². The Balaban J connectivity index is 1.77. The van der Waals surface area contributed by atoms with E-state index in [0.29, 0.717) is 0 Å². The van der Waals surface area contributed by atoms with Gasteiger partial charge < -0.3 is 5.32 Å². The maximum atomic E-state index is 13.1. The van der Waals surface area contributed by atoms with Gasteiger partial charge in [0, 0.05) is 11.3 Å². The molecule has 2 N–H and O–H groups in total. The molecule has 156 valence electrons. The molecule has 3 rings (SSSR count). The summed E-state index contributed by atoms with van der Waals surface area (Å²) >= 11 is 0. The Morgan fingerprint density at radius 3 is 2.03 bits per heavy atom. The van der Waals surface area contributed by atoms with E-state index in [4.69, 9.17) is 0 Å². The van der Waals surface area contributed by atoms with Crippen LogP contribution in [0.15, 0.2) is 77.7 Å². The number of alkyl halides is 3. The number of halogens is 4. The Bertz CT molecular complexity index is 1160. The summed E-state index contributed by atoms with van der Waals surface area (Å²) < 4.78 is 79.0. The molecule has 0 radical (unpaired) electrons. The van der Waals surface area contributed by atoms with Crippen LogP contribution in [-0.4, -0.2) is 14.3 Å². The van der Waals surface area contributed by atoms with Gasteiger partial charge >= 0.3 is 6.18 Å². The summed E-state index contributed by atoms with van der Waals surface area (Å²) in [5.74, 6) is -1.04. The standard InChI is InChI=1S/C20H14F4N2O3S/c21-14-7-5-13(6-8-14)19(27)25-15-9-11-16(12-10-15)30(28,29)26-18-4-2-1-3-17(18)20(22,23)24/h1-12,26H,(H,25,27). The lowest BCUT2D eigenvalue weighted by atomic mass is 10.2. The summed E-state index contributed by atoms with van der Waals surface area (Å²) in [4.78, 5) is 11.8. The molecule has 0 bridgehead atoms. The first-order chi connectivity index (χ1) is 14.1. The summed E-state index contributed by atoms with van der Waals surface area (Å²) in [6.45, 7) is 0. The van der Waals surface area contributed by atoms with Crippen LogP contribution in [0.3, 0.4) is 0 Å². The van der Waals surface area contributed by atoms with Gasteiger partial charge in [0.2, 0.25) is 0 Å². The van der Waals surface area contributed by atoms with Crippen LogP contribution in [0.4, 0.5) is 28.9 Å². The van der Waals surface area contributed by atoms with E-state index in [1.807, 2.05) is 4.72 Å². The highest BCUT2D eigenvalue weighted by Gasteiger charge is 2.34. The van der Waals surface area contributed by atoms with E-state index in [0.717, 1.165) is 42.5 Å². The third-order valence-corrected chi connectivity index (χ3v) is 5.39. The monoisotopic (exact) mass is 438 g/mol. The molecule has 0 unspecified atom stereocenters. The van der Waals surface area contributed by atoms with Crippen LogP contribution < -0.4 is 10.0 Å². The fourth-order valence-corrected chi connectivity index (χ4v) is 3.62. The molecule has 0 aliphatic rings. The minimum atomic E-state index is -4.73. The largest absolute Gasteiger partial charge is 0.418 e. The number of amides is 1. The van der Waals surface area contributed by atoms with Crippen molar-refractivity contribution in [3.05, 3.63) is 89.7 Å². The maximum absolute atomic E-state index is 13.1. The van der Waals surface area contributed by atoms with Crippen molar-refractivity contribution in [2.45, 2.75) is 11.1 Å². The van der Waals surface area contributed by atoms with Gasteiger partial charge in [0.1, 0.15) is 5.82 Å². The van der Waals surface area contributed by atoms with Gasteiger partial charge in [-0.05, 0) is 60.7 Å². The van der Waals surface area contributed by atoms with E-state index < -0.39 is 39.2 Å². The highest BCUT2D eigenvalue weighted by Crippen LogP contribution is 2.35. The Kier molecular flexibility index (Phi) is 5.79. The summed E-state index contributed by atoms with van der Waals surface area (Å²) in [5, 5.41) is 2.51. The van der Waals surface area contributed by atoms with Gasteiger partial charge in [-0.3, -0.25) is 9.52 Å². The Morgan fingerprint density at radius 1 is 0.833 bits per heavy atom. The Hall–Kier alpha value is -3.40. The quantitative estimate of drug-likeness (QED) is 0.557. The van der Waals surface area contributed by atoms with Crippen molar-refractivity contribution in [3.8, 4) is 0 Å². The van der Waals surface area contributed by atoms with Gasteiger partial charge in [-0.15, -0.1) is 0 Å². The van der Waals surface area contributed by atoms with Crippen molar-refractivity contribution in [2.24, 2.45) is 0 Å². The Labute approximate surface area is 169 Å². The summed E-state index contributed by atoms with van der Waals surface area (Å²) in [5.41, 5.74) is -1.27. The van der Waals surface area contributed by atoms with Gasteiger partial charge in [0.25, 0.3) is 15.9 Å². The molecular formula is C20H14F4N2O3S. The number of benzene rings is 3. The van der Waals surface area contributed by atoms with Crippen molar-refractivity contribution in [1.82, 2.24) is 0 Å². The molecule has 1 amide bonds. The fraction of sp³-hybridized carbons (Fsp3) is 0.0500. The third-order valence-electron chi connectivity index (χ3n) is 4.01. The molecule has 0 spiro atoms. The lowest BCUT2D eigenvalue weighted by Crippen LogP contribution is -2.17. The predicted octanol–water partition coefficient (Wildman–Crippen LogP) is 4.90. The number of hydrogen-bond donors (Lipinski definition) is 2. The minimum Gasteiger partial charge on any atom is -0.322 e. The average molecular weight is 438 g/mol. The molecule has 0 heterocycles. The second kappa shape index (κ2) is 8.15. The number of sulfonamides is 1. The molecule has 5 nitrogen and oxygen atoms in total. The van der Waals surface area contributed by atoms with E-state index in [2.05, 4.69) is 5.32 Å². The summed E-state index contributed by atoms with van der Waals surface area (Å²) in [6.07, 6.45) is -4.73. The Morgan fingerprint density at radius 2 is 1.43 bits per heavy atom. The SMILES string of the molecule is O=C(Nc1ccc(S(=O)(=O)Nc2ccccc2C(F)(F)F)cc1)c1ccc(F)cc1. The normalized spacial score (nSPS) is 11.7. The molecule has 0 aromatic heterocycles. The van der Waals surface area contributed by atoms with Crippen molar-refractivity contribution >= 4 is 27.3 Å². The zero-order chi connectivity index (χ0) is 21.9. The van der Waals surface area contributed by atoms with Crippen LogP contribution in [0.25, 0.3) is 0 Å². The second-order valence-electron chi connectivity index (χ2n) is 6.13. The maximum Gasteiger partial charge on any atom is 0.418 e. The van der Waals surface area contributed by atoms with Gasteiger partial charge in [-0.2, -0.15) is 13.2 Å². The number of anilines is 2. The zero-order valence-corrected chi connectivity index (χ0v) is 15.9. The highest BCUT2D eigenvalue weighted by atomic mass is 32.2. The first kappa shape index (κ1) is 21.3. The summed E-state index contributed by atoms with van der Waals surface area (Å²) in [7, 11) is -4.30. The molecule has 0 atom stereocenters. The van der Waals surface area contributed by atoms with E-state index in [9.17, 15) is 30.8 Å². The molecule has 10 heteroatoms. The van der Waals surface area contributed by atoms with E-state index in [-0.39, 0.29) is 16.1 Å². The molecule has 3 aromatic carbocycles. The van der Waals surface area contributed by atoms with Crippen LogP contribution in [0, 0.1) is 5.82 Å². The van der Waals surface area contributed by atoms with Crippen molar-refractivity contribution < 1.29 is 30.8 Å². The predicted molar refractivity (Wildman–Crippen MR) is 103 cm³/mol. The zero-order valence-electron chi connectivity index (χ0n) is 15.1. The van der Waals surface area contributed by atoms with Crippen LogP contribution in [0.1, 0.15) is 15.9 Å². The van der Waals surface area contributed by atoms with E-state index in [1.165, 1.54) is 30.3 Å². The molecule has 3 aromatic rings. The fourth-order valence-electron chi connectivity index (χ4n) is 2.54. The van der Waals surface area contributed by atoms with E-state index >= 15 is 0 Å². The molecule has 0 aliphatic heterocycles. The first-order valence-corrected chi connectivity index (χ1v) is 9.90. The first-order valence-electron chi connectivity index (χ1n) is 8.42. The van der Waals surface area contributed by atoms with Crippen molar-refractivity contribution in [3.63, 3.8) is 0 Å². The van der Waals surface area contributed by atoms with Gasteiger partial charge in [-0.1, -0.05) is 12.1 Å². The van der Waals surface area contributed by atoms with Gasteiger partial charge in [0.15, 0.2) is 0 Å². The highest BCUT2D eigenvalue weighted by molar-refractivity contribution is 7.92.